The van der Waals surface area contributed by atoms with Crippen LogP contribution in [-0.2, 0) is 4.74 Å². The van der Waals surface area contributed by atoms with E-state index in [0.29, 0.717) is 6.61 Å². The van der Waals surface area contributed by atoms with Crippen LogP contribution in [0.3, 0.4) is 0 Å². The molecule has 1 atom stereocenters. The van der Waals surface area contributed by atoms with Crippen LogP contribution in [0.2, 0.25) is 0 Å². The minimum absolute atomic E-state index is 0.00968. The van der Waals surface area contributed by atoms with E-state index in [2.05, 4.69) is 67.7 Å². The summed E-state index contributed by atoms with van der Waals surface area (Å²) in [5.41, 5.74) is 3.68. The van der Waals surface area contributed by atoms with Crippen LogP contribution < -0.4 is 5.32 Å². The van der Waals surface area contributed by atoms with Crippen molar-refractivity contribution in [1.82, 2.24) is 5.32 Å². The van der Waals surface area contributed by atoms with Gasteiger partial charge in [0.2, 0.25) is 0 Å². The SMILES string of the molecule is CCNCCOC(c1ccccc1)c1ccc(C)cc1. The first-order valence-corrected chi connectivity index (χ1v) is 7.25. The van der Waals surface area contributed by atoms with Gasteiger partial charge in [-0.05, 0) is 24.6 Å². The molecule has 1 unspecified atom stereocenters. The minimum Gasteiger partial charge on any atom is -0.367 e. The highest BCUT2D eigenvalue weighted by atomic mass is 16.5. The number of hydrogen-bond donors (Lipinski definition) is 1. The summed E-state index contributed by atoms with van der Waals surface area (Å²) >= 11 is 0. The van der Waals surface area contributed by atoms with E-state index in [1.54, 1.807) is 0 Å². The lowest BCUT2D eigenvalue weighted by Gasteiger charge is -2.19. The van der Waals surface area contributed by atoms with Crippen LogP contribution in [-0.4, -0.2) is 19.7 Å². The maximum Gasteiger partial charge on any atom is 0.108 e. The van der Waals surface area contributed by atoms with E-state index in [0.717, 1.165) is 13.1 Å². The second-order valence-electron chi connectivity index (χ2n) is 4.93. The summed E-state index contributed by atoms with van der Waals surface area (Å²) in [6.07, 6.45) is 0.00968. The Morgan fingerprint density at radius 1 is 0.950 bits per heavy atom. The van der Waals surface area contributed by atoms with Crippen LogP contribution >= 0.6 is 0 Å². The zero-order valence-corrected chi connectivity index (χ0v) is 12.3. The third-order valence-corrected chi connectivity index (χ3v) is 3.30. The Balaban J connectivity index is 2.13. The lowest BCUT2D eigenvalue weighted by molar-refractivity contribution is 0.0824. The molecule has 0 aromatic heterocycles. The Morgan fingerprint density at radius 2 is 1.60 bits per heavy atom. The molecular formula is C18H23NO. The van der Waals surface area contributed by atoms with Gasteiger partial charge in [0, 0.05) is 6.54 Å². The topological polar surface area (TPSA) is 21.3 Å². The molecule has 2 aromatic rings. The predicted octanol–water partition coefficient (Wildman–Crippen LogP) is 3.71. The molecule has 0 fully saturated rings. The molecule has 0 saturated heterocycles. The van der Waals surface area contributed by atoms with E-state index in [-0.39, 0.29) is 6.10 Å². The molecule has 0 heterocycles. The van der Waals surface area contributed by atoms with Crippen molar-refractivity contribution in [2.45, 2.75) is 20.0 Å². The molecule has 20 heavy (non-hydrogen) atoms. The first kappa shape index (κ1) is 14.8. The van der Waals surface area contributed by atoms with Gasteiger partial charge in [-0.3, -0.25) is 0 Å². The normalized spacial score (nSPS) is 12.3. The van der Waals surface area contributed by atoms with Crippen LogP contribution in [0.5, 0.6) is 0 Å². The first-order valence-electron chi connectivity index (χ1n) is 7.25. The van der Waals surface area contributed by atoms with Crippen LogP contribution in [0.4, 0.5) is 0 Å². The van der Waals surface area contributed by atoms with E-state index in [9.17, 15) is 0 Å². The molecule has 0 amide bonds. The Bertz CT molecular complexity index is 493. The van der Waals surface area contributed by atoms with Gasteiger partial charge in [0.1, 0.15) is 6.10 Å². The average Bonchev–Trinajstić information content (AvgIpc) is 2.50. The fourth-order valence-electron chi connectivity index (χ4n) is 2.18. The monoisotopic (exact) mass is 269 g/mol. The molecule has 0 spiro atoms. The van der Waals surface area contributed by atoms with Gasteiger partial charge in [-0.25, -0.2) is 0 Å². The Kier molecular flexibility index (Phi) is 5.78. The van der Waals surface area contributed by atoms with Crippen LogP contribution in [0.15, 0.2) is 54.6 Å². The van der Waals surface area contributed by atoms with E-state index in [1.165, 1.54) is 16.7 Å². The standard InChI is InChI=1S/C18H23NO/c1-3-19-13-14-20-18(16-7-5-4-6-8-16)17-11-9-15(2)10-12-17/h4-12,18-19H,3,13-14H2,1-2H3. The molecule has 2 heteroatoms. The molecule has 0 aliphatic heterocycles. The molecule has 2 rings (SSSR count). The van der Waals surface area contributed by atoms with Gasteiger partial charge in [-0.15, -0.1) is 0 Å². The van der Waals surface area contributed by atoms with Gasteiger partial charge in [0.15, 0.2) is 0 Å². The fraction of sp³-hybridized carbons (Fsp3) is 0.333. The van der Waals surface area contributed by atoms with Gasteiger partial charge in [-0.1, -0.05) is 67.1 Å². The Hall–Kier alpha value is -1.64. The van der Waals surface area contributed by atoms with Gasteiger partial charge in [-0.2, -0.15) is 0 Å². The summed E-state index contributed by atoms with van der Waals surface area (Å²) in [5, 5.41) is 3.29. The molecule has 0 radical (unpaired) electrons. The summed E-state index contributed by atoms with van der Waals surface area (Å²) < 4.78 is 6.09. The molecule has 0 saturated carbocycles. The predicted molar refractivity (Wildman–Crippen MR) is 84.0 cm³/mol. The van der Waals surface area contributed by atoms with E-state index in [1.807, 2.05) is 6.07 Å². The van der Waals surface area contributed by atoms with Gasteiger partial charge < -0.3 is 10.1 Å². The summed E-state index contributed by atoms with van der Waals surface area (Å²) in [5.74, 6) is 0. The zero-order chi connectivity index (χ0) is 14.2. The van der Waals surface area contributed by atoms with Crippen molar-refractivity contribution in [2.24, 2.45) is 0 Å². The quantitative estimate of drug-likeness (QED) is 0.774. The van der Waals surface area contributed by atoms with Crippen molar-refractivity contribution in [2.75, 3.05) is 19.7 Å². The molecule has 0 aliphatic rings. The summed E-state index contributed by atoms with van der Waals surface area (Å²) in [6.45, 7) is 6.78. The average molecular weight is 269 g/mol. The van der Waals surface area contributed by atoms with Crippen molar-refractivity contribution in [3.8, 4) is 0 Å². The highest BCUT2D eigenvalue weighted by molar-refractivity contribution is 5.31. The number of aryl methyl sites for hydroxylation is 1. The molecular weight excluding hydrogens is 246 g/mol. The minimum atomic E-state index is 0.00968. The maximum absolute atomic E-state index is 6.09. The molecule has 1 N–H and O–H groups in total. The number of ether oxygens (including phenoxy) is 1. The van der Waals surface area contributed by atoms with Gasteiger partial charge in [0.25, 0.3) is 0 Å². The van der Waals surface area contributed by atoms with Gasteiger partial charge in [0.05, 0.1) is 6.61 Å². The zero-order valence-electron chi connectivity index (χ0n) is 12.3. The van der Waals surface area contributed by atoms with Crippen molar-refractivity contribution in [3.05, 3.63) is 71.3 Å². The number of rotatable bonds is 7. The number of benzene rings is 2. The number of nitrogens with one attached hydrogen (secondary N) is 1. The lowest BCUT2D eigenvalue weighted by atomic mass is 10.0. The van der Waals surface area contributed by atoms with E-state index < -0.39 is 0 Å². The second kappa shape index (κ2) is 7.83. The Labute approximate surface area is 121 Å². The van der Waals surface area contributed by atoms with Crippen LogP contribution in [0.25, 0.3) is 0 Å². The van der Waals surface area contributed by atoms with Crippen molar-refractivity contribution in [3.63, 3.8) is 0 Å². The van der Waals surface area contributed by atoms with Crippen molar-refractivity contribution >= 4 is 0 Å². The third kappa shape index (κ3) is 4.19. The number of hydrogen-bond acceptors (Lipinski definition) is 2. The maximum atomic E-state index is 6.09. The summed E-state index contributed by atoms with van der Waals surface area (Å²) in [4.78, 5) is 0. The molecule has 2 nitrogen and oxygen atoms in total. The van der Waals surface area contributed by atoms with Crippen LogP contribution in [0, 0.1) is 6.92 Å². The van der Waals surface area contributed by atoms with Crippen molar-refractivity contribution in [1.29, 1.82) is 0 Å². The highest BCUT2D eigenvalue weighted by Gasteiger charge is 2.13. The van der Waals surface area contributed by atoms with E-state index in [4.69, 9.17) is 4.74 Å². The Morgan fingerprint density at radius 3 is 2.25 bits per heavy atom. The molecule has 106 valence electrons. The lowest BCUT2D eigenvalue weighted by Crippen LogP contribution is -2.20. The highest BCUT2D eigenvalue weighted by Crippen LogP contribution is 2.25. The third-order valence-electron chi connectivity index (χ3n) is 3.30. The first-order chi connectivity index (χ1) is 9.81. The summed E-state index contributed by atoms with van der Waals surface area (Å²) in [6, 6.07) is 19.0. The molecule has 0 aliphatic carbocycles. The molecule has 0 bridgehead atoms. The van der Waals surface area contributed by atoms with Crippen LogP contribution in [0.1, 0.15) is 29.7 Å². The smallest absolute Gasteiger partial charge is 0.108 e. The van der Waals surface area contributed by atoms with Crippen molar-refractivity contribution < 1.29 is 4.74 Å². The summed E-state index contributed by atoms with van der Waals surface area (Å²) in [7, 11) is 0. The second-order valence-corrected chi connectivity index (χ2v) is 4.93. The largest absolute Gasteiger partial charge is 0.367 e. The fourth-order valence-corrected chi connectivity index (χ4v) is 2.18. The molecule has 2 aromatic carbocycles. The number of likely N-dealkylation sites (N-methyl/N-ethyl adjacent to an activating group) is 1. The van der Waals surface area contributed by atoms with E-state index >= 15 is 0 Å². The van der Waals surface area contributed by atoms with Gasteiger partial charge >= 0.3 is 0 Å².